The largest absolute Gasteiger partial charge is 0.486 e. The van der Waals surface area contributed by atoms with E-state index in [4.69, 9.17) is 19.5 Å². The van der Waals surface area contributed by atoms with Crippen molar-refractivity contribution in [3.63, 3.8) is 0 Å². The molecule has 1 aromatic carbocycles. The van der Waals surface area contributed by atoms with Gasteiger partial charge in [-0.25, -0.2) is 13.4 Å². The lowest BCUT2D eigenvalue weighted by atomic mass is 10.2. The molecule has 4 rings (SSSR count). The van der Waals surface area contributed by atoms with Crippen LogP contribution >= 0.6 is 0 Å². The van der Waals surface area contributed by atoms with Gasteiger partial charge in [-0.3, -0.25) is 0 Å². The highest BCUT2D eigenvalue weighted by Gasteiger charge is 2.38. The average Bonchev–Trinajstić information content (AvgIpc) is 2.64. The molecule has 0 saturated carbocycles. The van der Waals surface area contributed by atoms with Gasteiger partial charge in [0.25, 0.3) is 0 Å². The summed E-state index contributed by atoms with van der Waals surface area (Å²) in [5.74, 6) is 1.29. The summed E-state index contributed by atoms with van der Waals surface area (Å²) in [5.41, 5.74) is 0.440. The smallest absolute Gasteiger partial charge is 0.243 e. The highest BCUT2D eigenvalue weighted by atomic mass is 32.2. The summed E-state index contributed by atoms with van der Waals surface area (Å²) in [7, 11) is -3.63. The van der Waals surface area contributed by atoms with E-state index < -0.39 is 10.0 Å². The van der Waals surface area contributed by atoms with Gasteiger partial charge in [0.2, 0.25) is 15.9 Å². The van der Waals surface area contributed by atoms with E-state index in [0.29, 0.717) is 36.2 Å². The summed E-state index contributed by atoms with van der Waals surface area (Å²) >= 11 is 0. The van der Waals surface area contributed by atoms with Gasteiger partial charge in [0.1, 0.15) is 19.3 Å². The Morgan fingerprint density at radius 1 is 1.15 bits per heavy atom. The lowest BCUT2D eigenvalue weighted by Crippen LogP contribution is -2.56. The van der Waals surface area contributed by atoms with Crippen LogP contribution in [-0.4, -0.2) is 50.1 Å². The predicted molar refractivity (Wildman–Crippen MR) is 89.6 cm³/mol. The molecule has 1 aromatic heterocycles. The minimum atomic E-state index is -3.63. The van der Waals surface area contributed by atoms with Gasteiger partial charge in [0, 0.05) is 18.3 Å². The first kappa shape index (κ1) is 16.6. The van der Waals surface area contributed by atoms with E-state index in [1.165, 1.54) is 28.7 Å². The molecule has 8 nitrogen and oxygen atoms in total. The molecule has 134 valence electrons. The molecule has 0 N–H and O–H groups in total. The van der Waals surface area contributed by atoms with Crippen LogP contribution in [0.25, 0.3) is 0 Å². The van der Waals surface area contributed by atoms with Gasteiger partial charge in [-0.05, 0) is 18.2 Å². The SMILES string of the molecule is N#Cc1ccnc(OC2CN(S(=O)(=O)c3ccc4c(c3)OCCO4)C2)c1. The Hall–Kier alpha value is -2.83. The lowest BCUT2D eigenvalue weighted by molar-refractivity contribution is 0.0720. The number of aromatic nitrogens is 1. The Bertz CT molecular complexity index is 980. The van der Waals surface area contributed by atoms with Gasteiger partial charge in [-0.1, -0.05) is 0 Å². The zero-order valence-corrected chi connectivity index (χ0v) is 14.5. The third kappa shape index (κ3) is 3.05. The molecule has 1 fully saturated rings. The van der Waals surface area contributed by atoms with Gasteiger partial charge >= 0.3 is 0 Å². The molecular weight excluding hydrogens is 358 g/mol. The van der Waals surface area contributed by atoms with Crippen LogP contribution in [0.2, 0.25) is 0 Å². The molecule has 2 aromatic rings. The molecule has 1 saturated heterocycles. The van der Waals surface area contributed by atoms with E-state index in [-0.39, 0.29) is 24.1 Å². The number of ether oxygens (including phenoxy) is 3. The van der Waals surface area contributed by atoms with Crippen LogP contribution in [-0.2, 0) is 10.0 Å². The third-order valence-corrected chi connectivity index (χ3v) is 5.94. The monoisotopic (exact) mass is 373 g/mol. The normalized spacial score (nSPS) is 17.2. The lowest BCUT2D eigenvalue weighted by Gasteiger charge is -2.37. The molecule has 0 unspecified atom stereocenters. The van der Waals surface area contributed by atoms with Crippen LogP contribution in [0.3, 0.4) is 0 Å². The maximum atomic E-state index is 12.7. The van der Waals surface area contributed by atoms with Crippen molar-refractivity contribution in [2.45, 2.75) is 11.0 Å². The van der Waals surface area contributed by atoms with Crippen LogP contribution in [0, 0.1) is 11.3 Å². The maximum absolute atomic E-state index is 12.7. The van der Waals surface area contributed by atoms with Crippen molar-refractivity contribution in [3.05, 3.63) is 42.1 Å². The van der Waals surface area contributed by atoms with Gasteiger partial charge in [0.15, 0.2) is 11.5 Å². The molecule has 2 aliphatic heterocycles. The predicted octanol–water partition coefficient (Wildman–Crippen LogP) is 1.18. The van der Waals surface area contributed by atoms with Crippen LogP contribution < -0.4 is 14.2 Å². The average molecular weight is 373 g/mol. The quantitative estimate of drug-likeness (QED) is 0.793. The number of nitrogens with zero attached hydrogens (tertiary/aromatic N) is 3. The molecule has 0 spiro atoms. The van der Waals surface area contributed by atoms with Crippen molar-refractivity contribution in [1.29, 1.82) is 5.26 Å². The van der Waals surface area contributed by atoms with Crippen LogP contribution in [0.1, 0.15) is 5.56 Å². The summed E-state index contributed by atoms with van der Waals surface area (Å²) < 4.78 is 43.2. The zero-order chi connectivity index (χ0) is 18.1. The number of rotatable bonds is 4. The van der Waals surface area contributed by atoms with Crippen molar-refractivity contribution < 1.29 is 22.6 Å². The van der Waals surface area contributed by atoms with Crippen molar-refractivity contribution in [1.82, 2.24) is 9.29 Å². The molecule has 26 heavy (non-hydrogen) atoms. The van der Waals surface area contributed by atoms with Crippen molar-refractivity contribution >= 4 is 10.0 Å². The molecule has 0 amide bonds. The molecule has 0 radical (unpaired) electrons. The Labute approximate surface area is 150 Å². The topological polar surface area (TPSA) is 102 Å². The fourth-order valence-electron chi connectivity index (χ4n) is 2.72. The first-order chi connectivity index (χ1) is 12.6. The van der Waals surface area contributed by atoms with E-state index in [1.807, 2.05) is 6.07 Å². The number of fused-ring (bicyclic) bond motifs is 1. The fourth-order valence-corrected chi connectivity index (χ4v) is 4.24. The highest BCUT2D eigenvalue weighted by Crippen LogP contribution is 2.34. The van der Waals surface area contributed by atoms with Gasteiger partial charge in [0.05, 0.1) is 29.6 Å². The fraction of sp³-hybridized carbons (Fsp3) is 0.294. The second kappa shape index (κ2) is 6.48. The summed E-state index contributed by atoms with van der Waals surface area (Å²) in [4.78, 5) is 4.19. The minimum absolute atomic E-state index is 0.157. The Morgan fingerprint density at radius 2 is 1.92 bits per heavy atom. The number of hydrogen-bond acceptors (Lipinski definition) is 7. The summed E-state index contributed by atoms with van der Waals surface area (Å²) in [6.45, 7) is 1.28. The molecule has 2 aliphatic rings. The molecular formula is C17H15N3O5S. The second-order valence-electron chi connectivity index (χ2n) is 5.86. The van der Waals surface area contributed by atoms with Crippen molar-refractivity contribution in [3.8, 4) is 23.4 Å². The Balaban J connectivity index is 1.43. The van der Waals surface area contributed by atoms with Crippen LogP contribution in [0.5, 0.6) is 17.4 Å². The maximum Gasteiger partial charge on any atom is 0.243 e. The molecule has 3 heterocycles. The van der Waals surface area contributed by atoms with Crippen LogP contribution in [0.15, 0.2) is 41.4 Å². The zero-order valence-electron chi connectivity index (χ0n) is 13.7. The van der Waals surface area contributed by atoms with E-state index in [1.54, 1.807) is 12.1 Å². The third-order valence-electron chi connectivity index (χ3n) is 4.12. The Kier molecular flexibility index (Phi) is 4.14. The summed E-state index contributed by atoms with van der Waals surface area (Å²) in [6, 6.07) is 9.70. The molecule has 0 bridgehead atoms. The Morgan fingerprint density at radius 3 is 2.69 bits per heavy atom. The van der Waals surface area contributed by atoms with Crippen molar-refractivity contribution in [2.24, 2.45) is 0 Å². The first-order valence-corrected chi connectivity index (χ1v) is 9.43. The van der Waals surface area contributed by atoms with E-state index >= 15 is 0 Å². The number of hydrogen-bond donors (Lipinski definition) is 0. The first-order valence-electron chi connectivity index (χ1n) is 7.99. The molecule has 9 heteroatoms. The minimum Gasteiger partial charge on any atom is -0.486 e. The highest BCUT2D eigenvalue weighted by molar-refractivity contribution is 7.89. The standard InChI is InChI=1S/C17H15N3O5S/c18-9-12-3-4-19-17(7-12)25-13-10-20(11-13)26(21,22)14-1-2-15-16(8-14)24-6-5-23-15/h1-4,7-8,13H,5-6,10-11H2. The molecule has 0 atom stereocenters. The van der Waals surface area contributed by atoms with E-state index in [9.17, 15) is 8.42 Å². The molecule has 0 aliphatic carbocycles. The summed E-state index contributed by atoms with van der Waals surface area (Å²) in [5, 5.41) is 8.89. The van der Waals surface area contributed by atoms with Gasteiger partial charge in [-0.2, -0.15) is 9.57 Å². The number of pyridine rings is 1. The number of sulfonamides is 1. The van der Waals surface area contributed by atoms with Gasteiger partial charge < -0.3 is 14.2 Å². The van der Waals surface area contributed by atoms with Crippen LogP contribution in [0.4, 0.5) is 0 Å². The van der Waals surface area contributed by atoms with Gasteiger partial charge in [-0.15, -0.1) is 0 Å². The second-order valence-corrected chi connectivity index (χ2v) is 7.80. The number of benzene rings is 1. The van der Waals surface area contributed by atoms with Crippen molar-refractivity contribution in [2.75, 3.05) is 26.3 Å². The summed E-state index contributed by atoms with van der Waals surface area (Å²) in [6.07, 6.45) is 1.18. The number of nitriles is 1. The van der Waals surface area contributed by atoms with E-state index in [2.05, 4.69) is 4.98 Å². The van der Waals surface area contributed by atoms with E-state index in [0.717, 1.165) is 0 Å².